The van der Waals surface area contributed by atoms with Gasteiger partial charge in [0.05, 0.1) is 0 Å². The molecule has 0 aliphatic carbocycles. The topological polar surface area (TPSA) is 49.8 Å². The summed E-state index contributed by atoms with van der Waals surface area (Å²) >= 11 is 0. The van der Waals surface area contributed by atoms with Crippen LogP contribution in [0, 0.1) is 0 Å². The third kappa shape index (κ3) is 5.60. The molecule has 0 saturated heterocycles. The second kappa shape index (κ2) is 8.37. The molecule has 2 rings (SSSR count). The zero-order chi connectivity index (χ0) is 19.3. The minimum Gasteiger partial charge on any atom is -0.491 e. The van der Waals surface area contributed by atoms with E-state index in [1.165, 1.54) is 12.5 Å². The van der Waals surface area contributed by atoms with Gasteiger partial charge in [-0.2, -0.15) is 0 Å². The van der Waals surface area contributed by atoms with Crippen LogP contribution < -0.4 is 9.64 Å². The number of aliphatic hydroxyl groups is 1. The van der Waals surface area contributed by atoms with Gasteiger partial charge in [0.25, 0.3) is 0 Å². The van der Waals surface area contributed by atoms with Crippen molar-refractivity contribution < 1.29 is 14.6 Å². The number of Topliss-reactive ketones (excluding diaryl/α,β-unsaturated/α-hetero) is 1. The summed E-state index contributed by atoms with van der Waals surface area (Å²) in [4.78, 5) is 13.3. The van der Waals surface area contributed by atoms with E-state index in [0.717, 1.165) is 5.69 Å². The lowest BCUT2D eigenvalue weighted by atomic mass is 9.87. The maximum Gasteiger partial charge on any atom is 0.159 e. The van der Waals surface area contributed by atoms with Crippen LogP contribution in [0.2, 0.25) is 0 Å². The van der Waals surface area contributed by atoms with E-state index < -0.39 is 6.10 Å². The number of benzene rings is 2. The average molecular weight is 355 g/mol. The molecule has 0 radical (unpaired) electrons. The lowest BCUT2D eigenvalue weighted by molar-refractivity contribution is 0.101. The van der Waals surface area contributed by atoms with Gasteiger partial charge in [-0.25, -0.2) is 0 Å². The summed E-state index contributed by atoms with van der Waals surface area (Å²) in [7, 11) is 1.96. The molecule has 26 heavy (non-hydrogen) atoms. The summed E-state index contributed by atoms with van der Waals surface area (Å²) < 4.78 is 5.62. The summed E-state index contributed by atoms with van der Waals surface area (Å²) in [5.74, 6) is 0.668. The molecular formula is C22H29NO3. The number of rotatable bonds is 7. The van der Waals surface area contributed by atoms with Gasteiger partial charge in [-0.15, -0.1) is 0 Å². The average Bonchev–Trinajstić information content (AvgIpc) is 2.59. The number of ether oxygens (including phenoxy) is 1. The first-order valence-corrected chi connectivity index (χ1v) is 8.90. The van der Waals surface area contributed by atoms with Gasteiger partial charge in [0, 0.05) is 24.8 Å². The monoisotopic (exact) mass is 355 g/mol. The van der Waals surface area contributed by atoms with Crippen molar-refractivity contribution in [1.29, 1.82) is 0 Å². The molecule has 2 aromatic carbocycles. The Bertz CT molecular complexity index is 715. The maximum atomic E-state index is 11.3. The van der Waals surface area contributed by atoms with Gasteiger partial charge in [0.2, 0.25) is 0 Å². The van der Waals surface area contributed by atoms with Gasteiger partial charge in [-0.1, -0.05) is 32.9 Å². The number of aliphatic hydroxyl groups excluding tert-OH is 1. The van der Waals surface area contributed by atoms with Crippen LogP contribution in [-0.2, 0) is 5.41 Å². The first kappa shape index (κ1) is 20.0. The fraction of sp³-hybridized carbons (Fsp3) is 0.409. The number of carbonyl (C=O) groups is 1. The number of ketones is 1. The van der Waals surface area contributed by atoms with Crippen LogP contribution in [0.3, 0.4) is 0 Å². The van der Waals surface area contributed by atoms with Crippen molar-refractivity contribution in [2.45, 2.75) is 39.2 Å². The molecule has 0 spiro atoms. The van der Waals surface area contributed by atoms with Crippen molar-refractivity contribution in [3.63, 3.8) is 0 Å². The number of likely N-dealkylation sites (N-methyl/N-ethyl adjacent to an activating group) is 1. The predicted molar refractivity (Wildman–Crippen MR) is 106 cm³/mol. The quantitative estimate of drug-likeness (QED) is 0.761. The molecule has 2 aromatic rings. The Labute approximate surface area is 156 Å². The summed E-state index contributed by atoms with van der Waals surface area (Å²) in [6, 6.07) is 15.4. The molecule has 1 N–H and O–H groups in total. The molecule has 0 aliphatic rings. The Morgan fingerprint density at radius 2 is 1.65 bits per heavy atom. The molecule has 0 saturated carbocycles. The molecule has 0 bridgehead atoms. The molecule has 4 heteroatoms. The van der Waals surface area contributed by atoms with Crippen LogP contribution in [0.15, 0.2) is 48.5 Å². The number of anilines is 1. The highest BCUT2D eigenvalue weighted by atomic mass is 16.5. The zero-order valence-electron chi connectivity index (χ0n) is 16.3. The van der Waals surface area contributed by atoms with Crippen molar-refractivity contribution in [3.05, 3.63) is 59.7 Å². The number of nitrogens with zero attached hydrogens (tertiary/aromatic N) is 1. The molecular weight excluding hydrogens is 326 g/mol. The lowest BCUT2D eigenvalue weighted by Crippen LogP contribution is -2.33. The Morgan fingerprint density at radius 1 is 1.08 bits per heavy atom. The second-order valence-corrected chi connectivity index (χ2v) is 7.72. The van der Waals surface area contributed by atoms with Crippen LogP contribution >= 0.6 is 0 Å². The summed E-state index contributed by atoms with van der Waals surface area (Å²) in [5.41, 5.74) is 3.12. The summed E-state index contributed by atoms with van der Waals surface area (Å²) in [5, 5.41) is 10.2. The van der Waals surface area contributed by atoms with Crippen molar-refractivity contribution >= 4 is 11.5 Å². The number of hydrogen-bond donors (Lipinski definition) is 1. The van der Waals surface area contributed by atoms with Crippen LogP contribution in [-0.4, -0.2) is 37.2 Å². The van der Waals surface area contributed by atoms with Gasteiger partial charge < -0.3 is 14.7 Å². The fourth-order valence-corrected chi connectivity index (χ4v) is 2.67. The third-order valence-corrected chi connectivity index (χ3v) is 4.36. The largest absolute Gasteiger partial charge is 0.491 e. The van der Waals surface area contributed by atoms with E-state index >= 15 is 0 Å². The number of carbonyl (C=O) groups excluding carboxylic acids is 1. The van der Waals surface area contributed by atoms with E-state index in [9.17, 15) is 9.90 Å². The second-order valence-electron chi connectivity index (χ2n) is 7.72. The van der Waals surface area contributed by atoms with Gasteiger partial charge in [-0.3, -0.25) is 4.79 Å². The van der Waals surface area contributed by atoms with Crippen molar-refractivity contribution in [3.8, 4) is 5.75 Å². The van der Waals surface area contributed by atoms with Gasteiger partial charge in [-0.05, 0) is 54.3 Å². The van der Waals surface area contributed by atoms with Crippen molar-refractivity contribution in [2.75, 3.05) is 25.1 Å². The first-order valence-electron chi connectivity index (χ1n) is 8.90. The van der Waals surface area contributed by atoms with Crippen LogP contribution in [0.25, 0.3) is 0 Å². The van der Waals surface area contributed by atoms with E-state index in [1.54, 1.807) is 24.3 Å². The molecule has 1 atom stereocenters. The third-order valence-electron chi connectivity index (χ3n) is 4.36. The smallest absolute Gasteiger partial charge is 0.159 e. The van der Waals surface area contributed by atoms with Crippen molar-refractivity contribution in [2.24, 2.45) is 0 Å². The first-order chi connectivity index (χ1) is 12.2. The molecule has 0 aromatic heterocycles. The van der Waals surface area contributed by atoms with E-state index in [2.05, 4.69) is 45.0 Å². The molecule has 4 nitrogen and oxygen atoms in total. The normalized spacial score (nSPS) is 12.5. The van der Waals surface area contributed by atoms with Crippen LogP contribution in [0.5, 0.6) is 5.75 Å². The maximum absolute atomic E-state index is 11.3. The predicted octanol–water partition coefficient (Wildman–Crippen LogP) is 4.06. The molecule has 1 unspecified atom stereocenters. The van der Waals surface area contributed by atoms with Gasteiger partial charge >= 0.3 is 0 Å². The molecule has 0 fully saturated rings. The minimum absolute atomic E-state index is 0.0238. The Kier molecular flexibility index (Phi) is 6.43. The van der Waals surface area contributed by atoms with E-state index in [0.29, 0.717) is 17.9 Å². The van der Waals surface area contributed by atoms with Crippen LogP contribution in [0.1, 0.15) is 43.6 Å². The van der Waals surface area contributed by atoms with Gasteiger partial charge in [0.15, 0.2) is 5.78 Å². The highest BCUT2D eigenvalue weighted by molar-refractivity contribution is 5.94. The Balaban J connectivity index is 1.86. The minimum atomic E-state index is -0.616. The highest BCUT2D eigenvalue weighted by Crippen LogP contribution is 2.24. The molecule has 140 valence electrons. The SMILES string of the molecule is CC(=O)c1ccc(OCC(O)CN(C)c2ccc(C(C)(C)C)cc2)cc1. The lowest BCUT2D eigenvalue weighted by Gasteiger charge is -2.25. The summed E-state index contributed by atoms with van der Waals surface area (Å²) in [6.07, 6.45) is -0.616. The zero-order valence-corrected chi connectivity index (χ0v) is 16.3. The standard InChI is InChI=1S/C22H29NO3/c1-16(24)17-6-12-21(13-7-17)26-15-20(25)14-23(5)19-10-8-18(9-11-19)22(2,3)4/h6-13,20,25H,14-15H2,1-5H3. The van der Waals surface area contributed by atoms with E-state index in [4.69, 9.17) is 4.74 Å². The van der Waals surface area contributed by atoms with Gasteiger partial charge in [0.1, 0.15) is 18.5 Å². The highest BCUT2D eigenvalue weighted by Gasteiger charge is 2.14. The van der Waals surface area contributed by atoms with E-state index in [-0.39, 0.29) is 17.8 Å². The van der Waals surface area contributed by atoms with Crippen molar-refractivity contribution in [1.82, 2.24) is 0 Å². The summed E-state index contributed by atoms with van der Waals surface area (Å²) in [6.45, 7) is 8.77. The fourth-order valence-electron chi connectivity index (χ4n) is 2.67. The molecule has 0 amide bonds. The Morgan fingerprint density at radius 3 is 2.15 bits per heavy atom. The van der Waals surface area contributed by atoms with E-state index in [1.807, 2.05) is 11.9 Å². The Hall–Kier alpha value is -2.33. The number of hydrogen-bond acceptors (Lipinski definition) is 4. The van der Waals surface area contributed by atoms with Crippen LogP contribution in [0.4, 0.5) is 5.69 Å². The molecule has 0 aliphatic heterocycles. The molecule has 0 heterocycles.